The summed E-state index contributed by atoms with van der Waals surface area (Å²) >= 11 is 2.24. The van der Waals surface area contributed by atoms with Gasteiger partial charge in [-0.3, -0.25) is 4.79 Å². The number of carbonyl (C=O) groups is 1. The van der Waals surface area contributed by atoms with E-state index in [9.17, 15) is 4.79 Å². The van der Waals surface area contributed by atoms with Gasteiger partial charge in [-0.1, -0.05) is 12.1 Å². The molecule has 0 saturated carbocycles. The molecule has 0 aromatic heterocycles. The van der Waals surface area contributed by atoms with Crippen LogP contribution in [0.5, 0.6) is 0 Å². The molecule has 0 unspecified atom stereocenters. The second-order valence-corrected chi connectivity index (χ2v) is 5.70. The monoisotopic (exact) mass is 378 g/mol. The zero-order valence-electron chi connectivity index (χ0n) is 11.1. The number of nitrogens with two attached hydrogens (primary N) is 1. The summed E-state index contributed by atoms with van der Waals surface area (Å²) in [6.07, 6.45) is 3.25. The predicted molar refractivity (Wildman–Crippen MR) is 92.4 cm³/mol. The van der Waals surface area contributed by atoms with Gasteiger partial charge in [0.05, 0.1) is 0 Å². The first-order chi connectivity index (χ1) is 9.54. The molecule has 0 atom stereocenters. The summed E-state index contributed by atoms with van der Waals surface area (Å²) in [5, 5.41) is 2.86. The van der Waals surface area contributed by atoms with E-state index in [1.54, 1.807) is 6.08 Å². The lowest BCUT2D eigenvalue weighted by molar-refractivity contribution is -0.111. The third kappa shape index (κ3) is 4.09. The normalized spacial score (nSPS) is 10.7. The number of anilines is 2. The summed E-state index contributed by atoms with van der Waals surface area (Å²) in [6, 6.07) is 13.3. The minimum Gasteiger partial charge on any atom is -0.399 e. The van der Waals surface area contributed by atoms with Gasteiger partial charge in [0.1, 0.15) is 0 Å². The zero-order valence-corrected chi connectivity index (χ0v) is 13.2. The quantitative estimate of drug-likeness (QED) is 0.485. The molecule has 0 aliphatic heterocycles. The van der Waals surface area contributed by atoms with Gasteiger partial charge in [-0.25, -0.2) is 0 Å². The fraction of sp³-hybridized carbons (Fsp3) is 0.0625. The van der Waals surface area contributed by atoms with E-state index >= 15 is 0 Å². The predicted octanol–water partition coefficient (Wildman–Crippen LogP) is 3.83. The van der Waals surface area contributed by atoms with Crippen LogP contribution in [-0.4, -0.2) is 5.91 Å². The van der Waals surface area contributed by atoms with Crippen molar-refractivity contribution in [2.75, 3.05) is 11.1 Å². The van der Waals surface area contributed by atoms with Crippen molar-refractivity contribution >= 4 is 45.9 Å². The van der Waals surface area contributed by atoms with Gasteiger partial charge in [-0.05, 0) is 77.0 Å². The lowest BCUT2D eigenvalue weighted by Gasteiger charge is -2.06. The summed E-state index contributed by atoms with van der Waals surface area (Å²) in [5.41, 5.74) is 9.14. The standard InChI is InChI=1S/C16H15IN2O/c1-11-9-13(17)6-7-15(11)19-16(20)8-5-12-3-2-4-14(18)10-12/h2-10H,18H2,1H3,(H,19,20)/b8-5+. The van der Waals surface area contributed by atoms with Crippen LogP contribution in [0.1, 0.15) is 11.1 Å². The topological polar surface area (TPSA) is 55.1 Å². The molecule has 1 amide bonds. The SMILES string of the molecule is Cc1cc(I)ccc1NC(=O)/C=C/c1cccc(N)c1. The lowest BCUT2D eigenvalue weighted by atomic mass is 10.2. The number of benzene rings is 2. The van der Waals surface area contributed by atoms with Crippen LogP contribution < -0.4 is 11.1 Å². The molecular formula is C16H15IN2O. The second kappa shape index (κ2) is 6.56. The molecule has 2 rings (SSSR count). The molecular weight excluding hydrogens is 363 g/mol. The summed E-state index contributed by atoms with van der Waals surface area (Å²) in [4.78, 5) is 11.9. The average Bonchev–Trinajstić information content (AvgIpc) is 2.40. The van der Waals surface area contributed by atoms with Gasteiger partial charge >= 0.3 is 0 Å². The minimum absolute atomic E-state index is 0.156. The summed E-state index contributed by atoms with van der Waals surface area (Å²) in [7, 11) is 0. The van der Waals surface area contributed by atoms with Crippen molar-refractivity contribution in [1.29, 1.82) is 0 Å². The molecule has 2 aromatic carbocycles. The van der Waals surface area contributed by atoms with E-state index in [1.165, 1.54) is 6.08 Å². The second-order valence-electron chi connectivity index (χ2n) is 4.45. The number of aryl methyl sites for hydroxylation is 1. The number of carbonyl (C=O) groups excluding carboxylic acids is 1. The van der Waals surface area contributed by atoms with E-state index in [0.717, 1.165) is 20.4 Å². The minimum atomic E-state index is -0.156. The van der Waals surface area contributed by atoms with Crippen LogP contribution in [0.3, 0.4) is 0 Å². The summed E-state index contributed by atoms with van der Waals surface area (Å²) < 4.78 is 1.15. The molecule has 0 aliphatic rings. The first kappa shape index (κ1) is 14.6. The highest BCUT2D eigenvalue weighted by atomic mass is 127. The Hall–Kier alpha value is -1.82. The van der Waals surface area contributed by atoms with Gasteiger partial charge in [0.15, 0.2) is 0 Å². The highest BCUT2D eigenvalue weighted by Gasteiger charge is 2.02. The van der Waals surface area contributed by atoms with Gasteiger partial charge < -0.3 is 11.1 Å². The summed E-state index contributed by atoms with van der Waals surface area (Å²) in [6.45, 7) is 1.97. The van der Waals surface area contributed by atoms with E-state index in [4.69, 9.17) is 5.73 Å². The third-order valence-electron chi connectivity index (χ3n) is 2.78. The maximum Gasteiger partial charge on any atom is 0.248 e. The van der Waals surface area contributed by atoms with Crippen LogP contribution in [0.4, 0.5) is 11.4 Å². The molecule has 0 aliphatic carbocycles. The molecule has 0 saturated heterocycles. The fourth-order valence-electron chi connectivity index (χ4n) is 1.78. The van der Waals surface area contributed by atoms with Crippen LogP contribution in [-0.2, 0) is 4.79 Å². The number of halogens is 1. The Morgan fingerprint density at radius 3 is 2.75 bits per heavy atom. The third-order valence-corrected chi connectivity index (χ3v) is 3.46. The zero-order chi connectivity index (χ0) is 14.5. The smallest absolute Gasteiger partial charge is 0.248 e. The van der Waals surface area contributed by atoms with Gasteiger partial charge in [0.2, 0.25) is 5.91 Å². The van der Waals surface area contributed by atoms with E-state index in [0.29, 0.717) is 5.69 Å². The number of hydrogen-bond donors (Lipinski definition) is 2. The number of amides is 1. The molecule has 102 valence electrons. The molecule has 0 spiro atoms. The molecule has 3 nitrogen and oxygen atoms in total. The fourth-order valence-corrected chi connectivity index (χ4v) is 2.42. The van der Waals surface area contributed by atoms with Crippen molar-refractivity contribution in [2.24, 2.45) is 0 Å². The first-order valence-electron chi connectivity index (χ1n) is 6.15. The van der Waals surface area contributed by atoms with Crippen LogP contribution in [0, 0.1) is 10.5 Å². The van der Waals surface area contributed by atoms with Crippen LogP contribution >= 0.6 is 22.6 Å². The Morgan fingerprint density at radius 2 is 2.05 bits per heavy atom. The Morgan fingerprint density at radius 1 is 1.25 bits per heavy atom. The molecule has 0 radical (unpaired) electrons. The van der Waals surface area contributed by atoms with Crippen molar-refractivity contribution in [3.05, 3.63) is 63.2 Å². The van der Waals surface area contributed by atoms with Crippen LogP contribution in [0.25, 0.3) is 6.08 Å². The van der Waals surface area contributed by atoms with Crippen LogP contribution in [0.2, 0.25) is 0 Å². The van der Waals surface area contributed by atoms with Gasteiger partial charge in [-0.2, -0.15) is 0 Å². The average molecular weight is 378 g/mol. The van der Waals surface area contributed by atoms with E-state index in [2.05, 4.69) is 27.9 Å². The molecule has 3 N–H and O–H groups in total. The van der Waals surface area contributed by atoms with E-state index in [1.807, 2.05) is 49.4 Å². The van der Waals surface area contributed by atoms with Crippen molar-refractivity contribution < 1.29 is 4.79 Å². The molecule has 20 heavy (non-hydrogen) atoms. The van der Waals surface area contributed by atoms with Gasteiger partial charge in [0.25, 0.3) is 0 Å². The molecule has 0 fully saturated rings. The first-order valence-corrected chi connectivity index (χ1v) is 7.23. The Kier molecular flexibility index (Phi) is 4.79. The van der Waals surface area contributed by atoms with E-state index in [-0.39, 0.29) is 5.91 Å². The maximum absolute atomic E-state index is 11.9. The number of rotatable bonds is 3. The number of nitrogens with one attached hydrogen (secondary N) is 1. The number of nitrogen functional groups attached to an aromatic ring is 1. The van der Waals surface area contributed by atoms with Crippen molar-refractivity contribution in [1.82, 2.24) is 0 Å². The van der Waals surface area contributed by atoms with Crippen molar-refractivity contribution in [3.63, 3.8) is 0 Å². The Labute approximate surface area is 132 Å². The van der Waals surface area contributed by atoms with E-state index < -0.39 is 0 Å². The molecule has 2 aromatic rings. The molecule has 0 heterocycles. The van der Waals surface area contributed by atoms with Crippen molar-refractivity contribution in [3.8, 4) is 0 Å². The Balaban J connectivity index is 2.05. The van der Waals surface area contributed by atoms with Crippen LogP contribution in [0.15, 0.2) is 48.5 Å². The Bertz CT molecular complexity index is 665. The maximum atomic E-state index is 11.9. The lowest BCUT2D eigenvalue weighted by Crippen LogP contribution is -2.08. The van der Waals surface area contributed by atoms with Crippen molar-refractivity contribution in [2.45, 2.75) is 6.92 Å². The highest BCUT2D eigenvalue weighted by Crippen LogP contribution is 2.17. The molecule has 4 heteroatoms. The van der Waals surface area contributed by atoms with Gasteiger partial charge in [0, 0.05) is 21.0 Å². The largest absolute Gasteiger partial charge is 0.399 e. The molecule has 0 bridgehead atoms. The number of hydrogen-bond acceptors (Lipinski definition) is 2. The highest BCUT2D eigenvalue weighted by molar-refractivity contribution is 14.1. The van der Waals surface area contributed by atoms with Gasteiger partial charge in [-0.15, -0.1) is 0 Å². The summed E-state index contributed by atoms with van der Waals surface area (Å²) in [5.74, 6) is -0.156.